The number of hydrogen-bond donors (Lipinski definition) is 1. The molecule has 0 bridgehead atoms. The van der Waals surface area contributed by atoms with Crippen LogP contribution in [0.2, 0.25) is 0 Å². The summed E-state index contributed by atoms with van der Waals surface area (Å²) in [6, 6.07) is 10.3. The third-order valence-corrected chi connectivity index (χ3v) is 5.92. The highest BCUT2D eigenvalue weighted by Gasteiger charge is 2.31. The van der Waals surface area contributed by atoms with Gasteiger partial charge >= 0.3 is 5.69 Å². The molecule has 0 spiro atoms. The summed E-state index contributed by atoms with van der Waals surface area (Å²) in [4.78, 5) is 26.6. The SMILES string of the molecule is C[C@@H]1CCCN(c2nc(N)c([N+](=O)[O-])c(N3CCN(Cc4ccccc4)CC3)n2)C1. The van der Waals surface area contributed by atoms with Crippen LogP contribution in [0.25, 0.3) is 0 Å². The summed E-state index contributed by atoms with van der Waals surface area (Å²) in [6.45, 7) is 7.73. The molecular formula is C21H29N7O2. The maximum Gasteiger partial charge on any atom is 0.353 e. The number of nitro groups is 1. The van der Waals surface area contributed by atoms with Crippen molar-refractivity contribution in [2.24, 2.45) is 5.92 Å². The summed E-state index contributed by atoms with van der Waals surface area (Å²) >= 11 is 0. The fraction of sp³-hybridized carbons (Fsp3) is 0.524. The second kappa shape index (κ2) is 8.83. The maximum atomic E-state index is 11.7. The quantitative estimate of drug-likeness (QED) is 0.591. The van der Waals surface area contributed by atoms with Gasteiger partial charge in [-0.2, -0.15) is 9.97 Å². The first-order valence-electron chi connectivity index (χ1n) is 10.6. The Hall–Kier alpha value is -2.94. The van der Waals surface area contributed by atoms with Crippen LogP contribution in [0, 0.1) is 16.0 Å². The van der Waals surface area contributed by atoms with Crippen LogP contribution in [-0.2, 0) is 6.54 Å². The van der Waals surface area contributed by atoms with Crippen molar-refractivity contribution in [3.63, 3.8) is 0 Å². The van der Waals surface area contributed by atoms with Crippen LogP contribution in [0.4, 0.5) is 23.3 Å². The summed E-state index contributed by atoms with van der Waals surface area (Å²) in [7, 11) is 0. The first-order chi connectivity index (χ1) is 14.5. The molecule has 30 heavy (non-hydrogen) atoms. The molecule has 2 fully saturated rings. The summed E-state index contributed by atoms with van der Waals surface area (Å²) in [5.41, 5.74) is 7.13. The Balaban J connectivity index is 1.53. The normalized spacial score (nSPS) is 20.4. The van der Waals surface area contributed by atoms with Crippen molar-refractivity contribution in [1.29, 1.82) is 0 Å². The number of nitrogen functional groups attached to an aromatic ring is 1. The molecule has 2 aromatic rings. The van der Waals surface area contributed by atoms with Gasteiger partial charge in [-0.15, -0.1) is 0 Å². The van der Waals surface area contributed by atoms with Crippen molar-refractivity contribution in [3.8, 4) is 0 Å². The van der Waals surface area contributed by atoms with Crippen LogP contribution in [0.15, 0.2) is 30.3 Å². The lowest BCUT2D eigenvalue weighted by Gasteiger charge is -2.36. The van der Waals surface area contributed by atoms with Gasteiger partial charge in [0.1, 0.15) is 0 Å². The van der Waals surface area contributed by atoms with Crippen LogP contribution in [-0.4, -0.2) is 59.1 Å². The van der Waals surface area contributed by atoms with Crippen LogP contribution < -0.4 is 15.5 Å². The number of piperidine rings is 1. The predicted molar refractivity (Wildman–Crippen MR) is 118 cm³/mol. The highest BCUT2D eigenvalue weighted by atomic mass is 16.6. The lowest BCUT2D eigenvalue weighted by molar-refractivity contribution is -0.383. The zero-order chi connectivity index (χ0) is 21.1. The molecule has 1 atom stereocenters. The third kappa shape index (κ3) is 4.46. The fourth-order valence-corrected chi connectivity index (χ4v) is 4.32. The topological polar surface area (TPSA) is 105 Å². The summed E-state index contributed by atoms with van der Waals surface area (Å²) < 4.78 is 0. The van der Waals surface area contributed by atoms with Gasteiger partial charge in [0.05, 0.1) is 4.92 Å². The molecule has 4 rings (SSSR count). The molecule has 160 valence electrons. The predicted octanol–water partition coefficient (Wildman–Crippen LogP) is 2.53. The van der Waals surface area contributed by atoms with E-state index in [0.717, 1.165) is 39.1 Å². The summed E-state index contributed by atoms with van der Waals surface area (Å²) in [5.74, 6) is 1.35. The van der Waals surface area contributed by atoms with Crippen LogP contribution in [0.1, 0.15) is 25.3 Å². The van der Waals surface area contributed by atoms with Crippen molar-refractivity contribution in [1.82, 2.24) is 14.9 Å². The van der Waals surface area contributed by atoms with E-state index in [9.17, 15) is 10.1 Å². The van der Waals surface area contributed by atoms with E-state index in [-0.39, 0.29) is 11.5 Å². The second-order valence-electron chi connectivity index (χ2n) is 8.28. The largest absolute Gasteiger partial charge is 0.378 e. The molecule has 0 saturated carbocycles. The van der Waals surface area contributed by atoms with E-state index in [1.807, 2.05) is 23.1 Å². The minimum atomic E-state index is -0.455. The van der Waals surface area contributed by atoms with E-state index in [2.05, 4.69) is 38.8 Å². The monoisotopic (exact) mass is 411 g/mol. The van der Waals surface area contributed by atoms with Crippen molar-refractivity contribution in [3.05, 3.63) is 46.0 Å². The summed E-state index contributed by atoms with van der Waals surface area (Å²) in [5, 5.41) is 11.7. The van der Waals surface area contributed by atoms with E-state index in [4.69, 9.17) is 5.73 Å². The fourth-order valence-electron chi connectivity index (χ4n) is 4.32. The minimum absolute atomic E-state index is 0.0510. The number of aromatic nitrogens is 2. The van der Waals surface area contributed by atoms with Gasteiger partial charge in [0, 0.05) is 45.8 Å². The molecule has 9 heteroatoms. The van der Waals surface area contributed by atoms with Gasteiger partial charge in [-0.25, -0.2) is 0 Å². The lowest BCUT2D eigenvalue weighted by Crippen LogP contribution is -2.46. The van der Waals surface area contributed by atoms with E-state index >= 15 is 0 Å². The third-order valence-electron chi connectivity index (χ3n) is 5.92. The highest BCUT2D eigenvalue weighted by Crippen LogP contribution is 2.34. The van der Waals surface area contributed by atoms with Crippen molar-refractivity contribution < 1.29 is 4.92 Å². The number of piperazine rings is 1. The second-order valence-corrected chi connectivity index (χ2v) is 8.28. The Morgan fingerprint density at radius 2 is 1.83 bits per heavy atom. The Labute approximate surface area is 176 Å². The number of nitrogens with zero attached hydrogens (tertiary/aromatic N) is 6. The molecular weight excluding hydrogens is 382 g/mol. The average molecular weight is 412 g/mol. The lowest BCUT2D eigenvalue weighted by atomic mass is 10.0. The minimum Gasteiger partial charge on any atom is -0.378 e. The van der Waals surface area contributed by atoms with Gasteiger partial charge < -0.3 is 15.5 Å². The molecule has 1 aromatic heterocycles. The molecule has 2 aliphatic rings. The van der Waals surface area contributed by atoms with Crippen molar-refractivity contribution in [2.45, 2.75) is 26.3 Å². The van der Waals surface area contributed by atoms with Gasteiger partial charge in [0.15, 0.2) is 0 Å². The standard InChI is InChI=1S/C21H29N7O2/c1-16-6-5-9-27(14-16)21-23-19(22)18(28(29)30)20(24-21)26-12-10-25(11-13-26)15-17-7-3-2-4-8-17/h2-4,7-8,16H,5-6,9-15H2,1H3,(H2,22,23,24)/t16-/m1/s1. The molecule has 0 radical (unpaired) electrons. The van der Waals surface area contributed by atoms with Gasteiger partial charge in [0.25, 0.3) is 0 Å². The molecule has 2 saturated heterocycles. The zero-order valence-corrected chi connectivity index (χ0v) is 17.4. The molecule has 9 nitrogen and oxygen atoms in total. The van der Waals surface area contributed by atoms with Gasteiger partial charge in [-0.1, -0.05) is 37.3 Å². The molecule has 2 aliphatic heterocycles. The number of nitrogens with two attached hydrogens (primary N) is 1. The molecule has 3 heterocycles. The Bertz CT molecular complexity index is 884. The smallest absolute Gasteiger partial charge is 0.353 e. The van der Waals surface area contributed by atoms with Crippen molar-refractivity contribution in [2.75, 3.05) is 54.8 Å². The molecule has 2 N–H and O–H groups in total. The molecule has 0 aliphatic carbocycles. The summed E-state index contributed by atoms with van der Waals surface area (Å²) in [6.07, 6.45) is 2.24. The van der Waals surface area contributed by atoms with Gasteiger partial charge in [0.2, 0.25) is 17.6 Å². The zero-order valence-electron chi connectivity index (χ0n) is 17.4. The Morgan fingerprint density at radius 3 is 2.50 bits per heavy atom. The Morgan fingerprint density at radius 1 is 1.10 bits per heavy atom. The Kier molecular flexibility index (Phi) is 5.98. The van der Waals surface area contributed by atoms with Crippen molar-refractivity contribution >= 4 is 23.3 Å². The number of anilines is 3. The average Bonchev–Trinajstić information content (AvgIpc) is 2.74. The first kappa shape index (κ1) is 20.3. The van der Waals surface area contributed by atoms with E-state index in [1.165, 1.54) is 12.0 Å². The molecule has 1 aromatic carbocycles. The van der Waals surface area contributed by atoms with E-state index in [0.29, 0.717) is 30.8 Å². The molecule has 0 unspecified atom stereocenters. The number of hydrogen-bond acceptors (Lipinski definition) is 8. The van der Waals surface area contributed by atoms with Crippen LogP contribution in [0.3, 0.4) is 0 Å². The number of benzene rings is 1. The van der Waals surface area contributed by atoms with E-state index < -0.39 is 4.92 Å². The maximum absolute atomic E-state index is 11.7. The molecule has 0 amide bonds. The van der Waals surface area contributed by atoms with Gasteiger partial charge in [-0.3, -0.25) is 15.0 Å². The van der Waals surface area contributed by atoms with Crippen LogP contribution in [0.5, 0.6) is 0 Å². The van der Waals surface area contributed by atoms with Gasteiger partial charge in [-0.05, 0) is 24.3 Å². The number of rotatable bonds is 5. The van der Waals surface area contributed by atoms with E-state index in [1.54, 1.807) is 0 Å². The van der Waals surface area contributed by atoms with Crippen LogP contribution >= 0.6 is 0 Å². The highest BCUT2D eigenvalue weighted by molar-refractivity contribution is 5.71. The first-order valence-corrected chi connectivity index (χ1v) is 10.6.